The highest BCUT2D eigenvalue weighted by molar-refractivity contribution is 7.90. The van der Waals surface area contributed by atoms with Gasteiger partial charge in [-0.1, -0.05) is 12.0 Å². The number of methoxy groups -OCH3 is 1. The molecule has 1 fully saturated rings. The number of rotatable bonds is 7. The molecule has 204 valence electrons. The van der Waals surface area contributed by atoms with E-state index in [1.165, 1.54) is 25.3 Å². The molecule has 7 nitrogen and oxygen atoms in total. The smallest absolute Gasteiger partial charge is 0.406 e. The second kappa shape index (κ2) is 11.1. The lowest BCUT2D eigenvalue weighted by Gasteiger charge is -2.28. The zero-order chi connectivity index (χ0) is 27.5. The number of fused-ring (bicyclic) bond motifs is 1. The van der Waals surface area contributed by atoms with Crippen molar-refractivity contribution in [1.82, 2.24) is 9.88 Å². The summed E-state index contributed by atoms with van der Waals surface area (Å²) in [5.41, 5.74) is 1.54. The minimum absolute atomic E-state index is 0.0613. The number of hydrogen-bond donors (Lipinski definition) is 3. The van der Waals surface area contributed by atoms with Gasteiger partial charge in [0.25, 0.3) is 0 Å². The van der Waals surface area contributed by atoms with Gasteiger partial charge in [0.1, 0.15) is 18.5 Å². The Labute approximate surface area is 218 Å². The molecule has 3 N–H and O–H groups in total. The van der Waals surface area contributed by atoms with Crippen molar-refractivity contribution >= 4 is 32.1 Å². The second-order valence-corrected chi connectivity index (χ2v) is 11.0. The van der Waals surface area contributed by atoms with Gasteiger partial charge in [0.2, 0.25) is 0 Å². The van der Waals surface area contributed by atoms with Gasteiger partial charge in [0, 0.05) is 29.9 Å². The van der Waals surface area contributed by atoms with Crippen molar-refractivity contribution in [3.8, 4) is 17.6 Å². The average Bonchev–Trinajstić information content (AvgIpc) is 3.19. The van der Waals surface area contributed by atoms with Crippen LogP contribution in [0, 0.1) is 11.8 Å². The van der Waals surface area contributed by atoms with Crippen LogP contribution in [-0.4, -0.2) is 64.4 Å². The highest BCUT2D eigenvalue weighted by Gasteiger charge is 2.30. The summed E-state index contributed by atoms with van der Waals surface area (Å²) in [7, 11) is -2.02. The Kier molecular flexibility index (Phi) is 8.08. The molecule has 0 bridgehead atoms. The van der Waals surface area contributed by atoms with Gasteiger partial charge in [-0.15, -0.1) is 0 Å². The summed E-state index contributed by atoms with van der Waals surface area (Å²) in [6.45, 7) is -0.300. The molecule has 0 spiro atoms. The molecule has 2 aromatic carbocycles. The van der Waals surface area contributed by atoms with Crippen LogP contribution in [0.3, 0.4) is 0 Å². The van der Waals surface area contributed by atoms with E-state index < -0.39 is 34.8 Å². The highest BCUT2D eigenvalue weighted by atomic mass is 32.2. The van der Waals surface area contributed by atoms with E-state index in [0.29, 0.717) is 41.0 Å². The van der Waals surface area contributed by atoms with E-state index in [0.717, 1.165) is 10.8 Å². The zero-order valence-electron chi connectivity index (χ0n) is 20.8. The molecule has 2 heterocycles. The molecular weight excluding hydrogens is 524 g/mol. The van der Waals surface area contributed by atoms with E-state index in [-0.39, 0.29) is 23.7 Å². The Morgan fingerprint density at radius 1 is 1.18 bits per heavy atom. The largest absolute Gasteiger partial charge is 0.495 e. The monoisotopic (exact) mass is 552 g/mol. The third kappa shape index (κ3) is 6.52. The van der Waals surface area contributed by atoms with Gasteiger partial charge in [-0.3, -0.25) is 0 Å². The highest BCUT2D eigenvalue weighted by Crippen LogP contribution is 2.31. The molecule has 2 atom stereocenters. The van der Waals surface area contributed by atoms with Gasteiger partial charge in [-0.05, 0) is 49.2 Å². The fourth-order valence-corrected chi connectivity index (χ4v) is 5.01. The summed E-state index contributed by atoms with van der Waals surface area (Å²) in [6.07, 6.45) is -3.96. The summed E-state index contributed by atoms with van der Waals surface area (Å²) >= 11 is 0. The Morgan fingerprint density at radius 3 is 2.66 bits per heavy atom. The first-order chi connectivity index (χ1) is 18.0. The lowest BCUT2D eigenvalue weighted by Crippen LogP contribution is -2.45. The number of ether oxygens (including phenoxy) is 1. The maximum atomic E-state index is 14.4. The molecular formula is C26H28F4N4O3S. The Morgan fingerprint density at radius 2 is 1.97 bits per heavy atom. The van der Waals surface area contributed by atoms with Crippen LogP contribution >= 0.6 is 0 Å². The number of alkyl halides is 4. The maximum absolute atomic E-state index is 14.4. The molecule has 12 heteroatoms. The van der Waals surface area contributed by atoms with Crippen molar-refractivity contribution in [1.29, 1.82) is 0 Å². The SMILES string of the molecule is COc1cc(S(C)(=O)=O)ccc1NCC#Cc1cc2c(N[C@H]3CCNC[C@@H]3F)cccc2n1CC(F)(F)F. The maximum Gasteiger partial charge on any atom is 0.406 e. The number of sulfone groups is 1. The summed E-state index contributed by atoms with van der Waals surface area (Å²) in [4.78, 5) is 0.0932. The molecule has 0 amide bonds. The van der Waals surface area contributed by atoms with Crippen LogP contribution < -0.4 is 20.7 Å². The van der Waals surface area contributed by atoms with Gasteiger partial charge in [-0.2, -0.15) is 13.2 Å². The number of piperidine rings is 1. The first-order valence-electron chi connectivity index (χ1n) is 11.9. The number of nitrogens with one attached hydrogen (secondary N) is 3. The Hall–Kier alpha value is -3.43. The topological polar surface area (TPSA) is 84.4 Å². The molecule has 0 unspecified atom stereocenters. The van der Waals surface area contributed by atoms with E-state index >= 15 is 0 Å². The predicted octanol–water partition coefficient (Wildman–Crippen LogP) is 4.19. The van der Waals surface area contributed by atoms with Crippen LogP contribution in [0.25, 0.3) is 10.9 Å². The van der Waals surface area contributed by atoms with Crippen LogP contribution in [-0.2, 0) is 16.4 Å². The third-order valence-electron chi connectivity index (χ3n) is 6.22. The minimum Gasteiger partial charge on any atom is -0.495 e. The number of hydrogen-bond acceptors (Lipinski definition) is 6. The van der Waals surface area contributed by atoms with Crippen LogP contribution in [0.15, 0.2) is 47.4 Å². The van der Waals surface area contributed by atoms with Crippen molar-refractivity contribution in [3.63, 3.8) is 0 Å². The van der Waals surface area contributed by atoms with Gasteiger partial charge in [-0.25, -0.2) is 12.8 Å². The first-order valence-corrected chi connectivity index (χ1v) is 13.8. The van der Waals surface area contributed by atoms with Gasteiger partial charge >= 0.3 is 6.18 Å². The van der Waals surface area contributed by atoms with E-state index in [1.807, 2.05) is 0 Å². The standard InChI is InChI=1S/C26H28F4N4O3S/c1-37-25-14-18(38(2,35)36)8-9-23(25)32-11-4-5-17-13-19-21(33-22-10-12-31-15-20(22)27)6-3-7-24(19)34(17)16-26(28,29)30/h3,6-9,13-14,20,22,31-33H,10-12,15-16H2,1-2H3/t20-,22-/m0/s1. The molecule has 1 aromatic heterocycles. The molecule has 0 radical (unpaired) electrons. The number of aromatic nitrogens is 1. The lowest BCUT2D eigenvalue weighted by molar-refractivity contribution is -0.140. The van der Waals surface area contributed by atoms with E-state index in [4.69, 9.17) is 4.74 Å². The van der Waals surface area contributed by atoms with Crippen molar-refractivity contribution < 1.29 is 30.7 Å². The molecule has 1 saturated heterocycles. The molecule has 4 rings (SSSR count). The number of halogens is 4. The molecule has 0 saturated carbocycles. The fraction of sp³-hybridized carbons (Fsp3) is 0.385. The van der Waals surface area contributed by atoms with Gasteiger partial charge in [0.15, 0.2) is 9.84 Å². The van der Waals surface area contributed by atoms with Crippen LogP contribution in [0.2, 0.25) is 0 Å². The van der Waals surface area contributed by atoms with Gasteiger partial charge < -0.3 is 25.3 Å². The van der Waals surface area contributed by atoms with Crippen molar-refractivity contribution in [2.45, 2.75) is 36.3 Å². The van der Waals surface area contributed by atoms with Crippen molar-refractivity contribution in [2.75, 3.05) is 43.6 Å². The zero-order valence-corrected chi connectivity index (χ0v) is 21.6. The second-order valence-electron chi connectivity index (χ2n) is 9.02. The summed E-state index contributed by atoms with van der Waals surface area (Å²) in [6, 6.07) is 10.4. The minimum atomic E-state index is -4.47. The number of nitrogens with zero attached hydrogens (tertiary/aromatic N) is 1. The lowest BCUT2D eigenvalue weighted by atomic mass is 10.0. The predicted molar refractivity (Wildman–Crippen MR) is 139 cm³/mol. The van der Waals surface area contributed by atoms with Crippen LogP contribution in [0.5, 0.6) is 5.75 Å². The normalized spacial score (nSPS) is 18.1. The van der Waals surface area contributed by atoms with Gasteiger partial charge in [0.05, 0.1) is 41.5 Å². The molecule has 38 heavy (non-hydrogen) atoms. The summed E-state index contributed by atoms with van der Waals surface area (Å²) in [5, 5.41) is 9.67. The van der Waals surface area contributed by atoms with Crippen molar-refractivity contribution in [3.05, 3.63) is 48.2 Å². The molecule has 1 aliphatic rings. The molecule has 0 aliphatic carbocycles. The van der Waals surface area contributed by atoms with E-state index in [9.17, 15) is 26.0 Å². The molecule has 1 aliphatic heterocycles. The average molecular weight is 553 g/mol. The van der Waals surface area contributed by atoms with Crippen molar-refractivity contribution in [2.24, 2.45) is 0 Å². The number of benzene rings is 2. The van der Waals surface area contributed by atoms with E-state index in [2.05, 4.69) is 27.8 Å². The molecule has 3 aromatic rings. The Balaban J connectivity index is 1.61. The summed E-state index contributed by atoms with van der Waals surface area (Å²) in [5.74, 6) is 5.93. The third-order valence-corrected chi connectivity index (χ3v) is 7.33. The fourth-order valence-electron chi connectivity index (χ4n) is 4.37. The first kappa shape index (κ1) is 27.6. The quantitative estimate of drug-likeness (QED) is 0.301. The van der Waals surface area contributed by atoms with Crippen LogP contribution in [0.4, 0.5) is 28.9 Å². The Bertz CT molecular complexity index is 1480. The van der Waals surface area contributed by atoms with E-state index in [1.54, 1.807) is 24.3 Å². The number of anilines is 2. The van der Waals surface area contributed by atoms with Crippen LogP contribution in [0.1, 0.15) is 12.1 Å². The summed E-state index contributed by atoms with van der Waals surface area (Å²) < 4.78 is 84.6.